The third-order valence-electron chi connectivity index (χ3n) is 3.68. The van der Waals surface area contributed by atoms with Gasteiger partial charge in [0.25, 0.3) is 0 Å². The second-order valence-corrected chi connectivity index (χ2v) is 4.99. The number of aryl methyl sites for hydroxylation is 1. The summed E-state index contributed by atoms with van der Waals surface area (Å²) < 4.78 is 19.5. The molecule has 1 fully saturated rings. The van der Waals surface area contributed by atoms with E-state index < -0.39 is 0 Å². The monoisotopic (exact) mass is 237 g/mol. The fraction of sp³-hybridized carbons (Fsp3) is 0.571. The highest BCUT2D eigenvalue weighted by Gasteiger charge is 2.38. The minimum Gasteiger partial charge on any atom is -0.373 e. The molecule has 94 valence electrons. The maximum absolute atomic E-state index is 13.6. The molecule has 0 saturated carbocycles. The highest BCUT2D eigenvalue weighted by molar-refractivity contribution is 5.28. The van der Waals surface area contributed by atoms with Gasteiger partial charge in [-0.05, 0) is 50.9 Å². The van der Waals surface area contributed by atoms with Crippen LogP contribution in [0.4, 0.5) is 4.39 Å². The van der Waals surface area contributed by atoms with E-state index in [1.807, 2.05) is 19.2 Å². The van der Waals surface area contributed by atoms with Crippen LogP contribution >= 0.6 is 0 Å². The maximum atomic E-state index is 13.6. The summed E-state index contributed by atoms with van der Waals surface area (Å²) in [6.07, 6.45) is 2.08. The summed E-state index contributed by atoms with van der Waals surface area (Å²) in [4.78, 5) is 0. The zero-order valence-corrected chi connectivity index (χ0v) is 10.7. The molecule has 0 aliphatic carbocycles. The number of hydrogen-bond donors (Lipinski definition) is 1. The van der Waals surface area contributed by atoms with Crippen LogP contribution < -0.4 is 5.32 Å². The SMILES string of the molecule is CNC(c1ccc(C)c(F)c1)C1(C)CCCO1. The van der Waals surface area contributed by atoms with Crippen molar-refractivity contribution < 1.29 is 9.13 Å². The van der Waals surface area contributed by atoms with Crippen molar-refractivity contribution in [2.45, 2.75) is 38.3 Å². The van der Waals surface area contributed by atoms with Crippen LogP contribution in [0.1, 0.15) is 36.9 Å². The van der Waals surface area contributed by atoms with Gasteiger partial charge in [0.05, 0.1) is 11.6 Å². The molecule has 1 aromatic rings. The summed E-state index contributed by atoms with van der Waals surface area (Å²) in [6.45, 7) is 4.67. The Hall–Kier alpha value is -0.930. The first-order valence-corrected chi connectivity index (χ1v) is 6.14. The normalized spacial score (nSPS) is 26.1. The Morgan fingerprint density at radius 1 is 1.47 bits per heavy atom. The molecule has 0 spiro atoms. The van der Waals surface area contributed by atoms with E-state index in [4.69, 9.17) is 4.74 Å². The minimum atomic E-state index is -0.226. The summed E-state index contributed by atoms with van der Waals surface area (Å²) >= 11 is 0. The molecule has 0 radical (unpaired) electrons. The number of benzene rings is 1. The van der Waals surface area contributed by atoms with Crippen molar-refractivity contribution in [3.8, 4) is 0 Å². The molecular weight excluding hydrogens is 217 g/mol. The molecule has 2 rings (SSSR count). The van der Waals surface area contributed by atoms with Crippen LogP contribution in [0.3, 0.4) is 0 Å². The third kappa shape index (κ3) is 2.35. The van der Waals surface area contributed by atoms with Crippen molar-refractivity contribution in [1.29, 1.82) is 0 Å². The first-order valence-electron chi connectivity index (χ1n) is 6.14. The van der Waals surface area contributed by atoms with Crippen molar-refractivity contribution in [3.63, 3.8) is 0 Å². The number of rotatable bonds is 3. The average Bonchev–Trinajstić information content (AvgIpc) is 2.72. The molecule has 1 heterocycles. The lowest BCUT2D eigenvalue weighted by atomic mass is 9.87. The van der Waals surface area contributed by atoms with E-state index in [1.54, 1.807) is 13.0 Å². The van der Waals surface area contributed by atoms with E-state index in [0.29, 0.717) is 5.56 Å². The predicted molar refractivity (Wildman–Crippen MR) is 66.5 cm³/mol. The summed E-state index contributed by atoms with van der Waals surface area (Å²) in [7, 11) is 1.90. The van der Waals surface area contributed by atoms with E-state index in [2.05, 4.69) is 12.2 Å². The van der Waals surface area contributed by atoms with E-state index in [9.17, 15) is 4.39 Å². The largest absolute Gasteiger partial charge is 0.373 e. The van der Waals surface area contributed by atoms with Gasteiger partial charge in [-0.1, -0.05) is 12.1 Å². The highest BCUT2D eigenvalue weighted by Crippen LogP contribution is 2.37. The average molecular weight is 237 g/mol. The summed E-state index contributed by atoms with van der Waals surface area (Å²) in [5.41, 5.74) is 1.41. The van der Waals surface area contributed by atoms with Gasteiger partial charge >= 0.3 is 0 Å². The van der Waals surface area contributed by atoms with Crippen LogP contribution in [-0.2, 0) is 4.74 Å². The summed E-state index contributed by atoms with van der Waals surface area (Å²) in [5.74, 6) is -0.149. The van der Waals surface area contributed by atoms with Gasteiger partial charge in [0, 0.05) is 6.61 Å². The molecule has 1 aliphatic heterocycles. The number of ether oxygens (including phenoxy) is 1. The molecule has 0 bridgehead atoms. The van der Waals surface area contributed by atoms with Gasteiger partial charge in [0.1, 0.15) is 5.82 Å². The van der Waals surface area contributed by atoms with E-state index in [0.717, 1.165) is 25.0 Å². The van der Waals surface area contributed by atoms with Gasteiger partial charge in [-0.15, -0.1) is 0 Å². The van der Waals surface area contributed by atoms with Crippen LogP contribution in [0.2, 0.25) is 0 Å². The fourth-order valence-corrected chi connectivity index (χ4v) is 2.64. The van der Waals surface area contributed by atoms with E-state index >= 15 is 0 Å². The van der Waals surface area contributed by atoms with Crippen LogP contribution in [0, 0.1) is 12.7 Å². The number of nitrogens with one attached hydrogen (secondary N) is 1. The van der Waals surface area contributed by atoms with Crippen LogP contribution in [0.25, 0.3) is 0 Å². The lowest BCUT2D eigenvalue weighted by Crippen LogP contribution is -2.39. The van der Waals surface area contributed by atoms with Crippen LogP contribution in [0.15, 0.2) is 18.2 Å². The van der Waals surface area contributed by atoms with Crippen molar-refractivity contribution >= 4 is 0 Å². The van der Waals surface area contributed by atoms with E-state index in [1.165, 1.54) is 0 Å². The zero-order chi connectivity index (χ0) is 12.5. The van der Waals surface area contributed by atoms with Gasteiger partial charge in [-0.25, -0.2) is 4.39 Å². The number of hydrogen-bond acceptors (Lipinski definition) is 2. The molecule has 2 atom stereocenters. The Kier molecular flexibility index (Phi) is 3.50. The zero-order valence-electron chi connectivity index (χ0n) is 10.7. The lowest BCUT2D eigenvalue weighted by molar-refractivity contribution is -0.0105. The van der Waals surface area contributed by atoms with Gasteiger partial charge < -0.3 is 10.1 Å². The van der Waals surface area contributed by atoms with Crippen LogP contribution in [-0.4, -0.2) is 19.3 Å². The van der Waals surface area contributed by atoms with Crippen molar-refractivity contribution in [2.75, 3.05) is 13.7 Å². The molecule has 1 aromatic carbocycles. The fourth-order valence-electron chi connectivity index (χ4n) is 2.64. The molecule has 17 heavy (non-hydrogen) atoms. The van der Waals surface area contributed by atoms with Crippen molar-refractivity contribution in [3.05, 3.63) is 35.1 Å². The van der Waals surface area contributed by atoms with Crippen molar-refractivity contribution in [1.82, 2.24) is 5.32 Å². The number of halogens is 1. The third-order valence-corrected chi connectivity index (χ3v) is 3.68. The van der Waals surface area contributed by atoms with Gasteiger partial charge in [-0.2, -0.15) is 0 Å². The quantitative estimate of drug-likeness (QED) is 0.872. The Balaban J connectivity index is 2.31. The smallest absolute Gasteiger partial charge is 0.126 e. The van der Waals surface area contributed by atoms with Crippen molar-refractivity contribution in [2.24, 2.45) is 0 Å². The second kappa shape index (κ2) is 4.75. The molecule has 0 aromatic heterocycles. The minimum absolute atomic E-state index is 0.0418. The first-order chi connectivity index (χ1) is 8.07. The molecule has 2 nitrogen and oxygen atoms in total. The van der Waals surface area contributed by atoms with Gasteiger partial charge in [0.2, 0.25) is 0 Å². The van der Waals surface area contributed by atoms with Gasteiger partial charge in [-0.3, -0.25) is 0 Å². The standard InChI is InChI=1S/C14H20FNO/c1-10-5-6-11(9-12(10)15)13(16-3)14(2)7-4-8-17-14/h5-6,9,13,16H,4,7-8H2,1-3H3. The first kappa shape index (κ1) is 12.5. The maximum Gasteiger partial charge on any atom is 0.126 e. The molecule has 1 N–H and O–H groups in total. The molecule has 3 heteroatoms. The second-order valence-electron chi connectivity index (χ2n) is 4.99. The topological polar surface area (TPSA) is 21.3 Å². The predicted octanol–water partition coefficient (Wildman–Crippen LogP) is 2.96. The van der Waals surface area contributed by atoms with E-state index in [-0.39, 0.29) is 17.5 Å². The summed E-state index contributed by atoms with van der Waals surface area (Å²) in [5, 5.41) is 3.26. The Labute approximate surface area is 102 Å². The Bertz CT molecular complexity index is 399. The molecule has 0 amide bonds. The molecule has 1 saturated heterocycles. The molecule has 2 unspecified atom stereocenters. The molecule has 1 aliphatic rings. The summed E-state index contributed by atoms with van der Waals surface area (Å²) in [6, 6.07) is 5.46. The molecular formula is C14H20FNO. The number of likely N-dealkylation sites (N-methyl/N-ethyl adjacent to an activating group) is 1. The van der Waals surface area contributed by atoms with Gasteiger partial charge in [0.15, 0.2) is 0 Å². The lowest BCUT2D eigenvalue weighted by Gasteiger charge is -2.33. The highest BCUT2D eigenvalue weighted by atomic mass is 19.1. The Morgan fingerprint density at radius 3 is 2.76 bits per heavy atom. The Morgan fingerprint density at radius 2 is 2.24 bits per heavy atom. The van der Waals surface area contributed by atoms with Crippen LogP contribution in [0.5, 0.6) is 0 Å².